The number of methoxy groups -OCH3 is 2. The number of rotatable bonds is 6. The molecule has 0 radical (unpaired) electrons. The first-order valence-corrected chi connectivity index (χ1v) is 10.7. The molecule has 0 aliphatic carbocycles. The van der Waals surface area contributed by atoms with Gasteiger partial charge in [-0.1, -0.05) is 12.1 Å². The van der Waals surface area contributed by atoms with Gasteiger partial charge in [-0.15, -0.1) is 12.4 Å². The van der Waals surface area contributed by atoms with Crippen LogP contribution in [0.15, 0.2) is 30.3 Å². The maximum absolute atomic E-state index is 15.0. The molecule has 12 heteroatoms. The molecule has 35 heavy (non-hydrogen) atoms. The second-order valence-corrected chi connectivity index (χ2v) is 7.96. The van der Waals surface area contributed by atoms with E-state index in [1.165, 1.54) is 32.4 Å². The Labute approximate surface area is 207 Å². The maximum Gasteiger partial charge on any atom is 0.228 e. The molecule has 1 aromatic heterocycles. The van der Waals surface area contributed by atoms with Crippen LogP contribution >= 0.6 is 12.4 Å². The number of hydrogen-bond acceptors (Lipinski definition) is 8. The van der Waals surface area contributed by atoms with Crippen LogP contribution in [0.4, 0.5) is 20.5 Å². The first-order valence-electron chi connectivity index (χ1n) is 10.7. The summed E-state index contributed by atoms with van der Waals surface area (Å²) in [6.07, 6.45) is 0.109. The van der Waals surface area contributed by atoms with E-state index in [-0.39, 0.29) is 59.3 Å². The summed E-state index contributed by atoms with van der Waals surface area (Å²) < 4.78 is 38.4. The first kappa shape index (κ1) is 26.2. The Morgan fingerprint density at radius 3 is 2.34 bits per heavy atom. The van der Waals surface area contributed by atoms with Crippen molar-refractivity contribution in [2.75, 3.05) is 51.0 Å². The molecule has 0 unspecified atom stereocenters. The predicted octanol–water partition coefficient (Wildman–Crippen LogP) is 2.67. The Morgan fingerprint density at radius 2 is 1.74 bits per heavy atom. The zero-order chi connectivity index (χ0) is 24.4. The number of nitrogens with two attached hydrogens (primary N) is 2. The van der Waals surface area contributed by atoms with Crippen molar-refractivity contribution in [1.82, 2.24) is 14.9 Å². The number of piperazine rings is 1. The van der Waals surface area contributed by atoms with E-state index in [1.807, 2.05) is 4.90 Å². The molecule has 2 aromatic carbocycles. The summed E-state index contributed by atoms with van der Waals surface area (Å²) in [6.45, 7) is 1.73. The number of fused-ring (bicyclic) bond motifs is 1. The van der Waals surface area contributed by atoms with Crippen LogP contribution in [0.25, 0.3) is 10.9 Å². The Hall–Kier alpha value is -3.44. The highest BCUT2D eigenvalue weighted by Gasteiger charge is 2.26. The molecule has 0 spiro atoms. The molecule has 4 rings (SSSR count). The number of nitrogen functional groups attached to an aromatic ring is 1. The van der Waals surface area contributed by atoms with Crippen molar-refractivity contribution >= 4 is 41.0 Å². The van der Waals surface area contributed by atoms with Crippen LogP contribution in [0.2, 0.25) is 0 Å². The lowest BCUT2D eigenvalue weighted by atomic mass is 10.0. The number of carbonyl (C=O) groups is 1. The third-order valence-electron chi connectivity index (χ3n) is 5.90. The molecule has 1 aliphatic rings. The second-order valence-electron chi connectivity index (χ2n) is 7.96. The quantitative estimate of drug-likeness (QED) is 0.521. The van der Waals surface area contributed by atoms with Crippen LogP contribution in [0.3, 0.4) is 0 Å². The zero-order valence-electron chi connectivity index (χ0n) is 19.3. The van der Waals surface area contributed by atoms with E-state index in [1.54, 1.807) is 17.0 Å². The molecule has 188 valence electrons. The lowest BCUT2D eigenvalue weighted by molar-refractivity contribution is -0.131. The standard InChI is InChI=1S/C23H26F2N6O3.ClH/c1-33-17-11-15-20(19(25)21(17)34-2)28-23(29-22(15)27)31-9-7-30(8-10-31)18(32)12-16(26)13-3-5-14(24)6-4-13;/h3-6,11,16H,7-10,12,26H2,1-2H3,(H2,27,28,29);1H/t16-;/m1./s1. The molecule has 1 saturated heterocycles. The molecule has 1 fully saturated rings. The molecule has 3 aromatic rings. The molecular weight excluding hydrogens is 482 g/mol. The Bertz CT molecular complexity index is 1210. The maximum atomic E-state index is 15.0. The van der Waals surface area contributed by atoms with E-state index >= 15 is 4.39 Å². The van der Waals surface area contributed by atoms with Crippen molar-refractivity contribution in [3.63, 3.8) is 0 Å². The minimum atomic E-state index is -0.684. The summed E-state index contributed by atoms with van der Waals surface area (Å²) in [7, 11) is 2.75. The Morgan fingerprint density at radius 1 is 1.09 bits per heavy atom. The number of aromatic nitrogens is 2. The number of benzene rings is 2. The minimum absolute atomic E-state index is 0. The molecule has 9 nitrogen and oxygen atoms in total. The molecule has 1 atom stereocenters. The van der Waals surface area contributed by atoms with Crippen molar-refractivity contribution in [2.45, 2.75) is 12.5 Å². The molecule has 0 saturated carbocycles. The van der Waals surface area contributed by atoms with Gasteiger partial charge in [-0.25, -0.2) is 13.8 Å². The average molecular weight is 509 g/mol. The summed E-state index contributed by atoms with van der Waals surface area (Å²) in [5, 5.41) is 0.322. The van der Waals surface area contributed by atoms with Crippen molar-refractivity contribution in [3.8, 4) is 11.5 Å². The number of ether oxygens (including phenoxy) is 2. The lowest BCUT2D eigenvalue weighted by Gasteiger charge is -2.35. The summed E-state index contributed by atoms with van der Waals surface area (Å²) >= 11 is 0. The van der Waals surface area contributed by atoms with Crippen LogP contribution in [-0.2, 0) is 4.79 Å². The molecule has 0 bridgehead atoms. The van der Waals surface area contributed by atoms with Crippen LogP contribution in [0, 0.1) is 11.6 Å². The van der Waals surface area contributed by atoms with Crippen LogP contribution in [-0.4, -0.2) is 61.2 Å². The fourth-order valence-electron chi connectivity index (χ4n) is 3.98. The highest BCUT2D eigenvalue weighted by Crippen LogP contribution is 2.37. The van der Waals surface area contributed by atoms with E-state index < -0.39 is 11.9 Å². The van der Waals surface area contributed by atoms with E-state index in [4.69, 9.17) is 20.9 Å². The van der Waals surface area contributed by atoms with Crippen molar-refractivity contribution in [2.24, 2.45) is 5.73 Å². The smallest absolute Gasteiger partial charge is 0.228 e. The molecular formula is C23H27ClF2N6O3. The average Bonchev–Trinajstić information content (AvgIpc) is 2.84. The fourth-order valence-corrected chi connectivity index (χ4v) is 3.98. The van der Waals surface area contributed by atoms with Gasteiger partial charge in [0.25, 0.3) is 0 Å². The van der Waals surface area contributed by atoms with E-state index in [9.17, 15) is 9.18 Å². The normalized spacial score (nSPS) is 14.4. The Kier molecular flexibility index (Phi) is 8.13. The third-order valence-corrected chi connectivity index (χ3v) is 5.90. The first-order chi connectivity index (χ1) is 16.3. The van der Waals surface area contributed by atoms with Crippen molar-refractivity contribution in [1.29, 1.82) is 0 Å². The van der Waals surface area contributed by atoms with Gasteiger partial charge in [-0.3, -0.25) is 4.79 Å². The van der Waals surface area contributed by atoms with Crippen molar-refractivity contribution < 1.29 is 23.0 Å². The number of nitrogens with zero attached hydrogens (tertiary/aromatic N) is 4. The number of anilines is 2. The highest BCUT2D eigenvalue weighted by molar-refractivity contribution is 5.92. The van der Waals surface area contributed by atoms with Gasteiger partial charge in [0.2, 0.25) is 11.9 Å². The van der Waals surface area contributed by atoms with Crippen LogP contribution in [0.1, 0.15) is 18.0 Å². The van der Waals surface area contributed by atoms with Gasteiger partial charge >= 0.3 is 0 Å². The summed E-state index contributed by atoms with van der Waals surface area (Å²) in [5.41, 5.74) is 13.0. The van der Waals surface area contributed by atoms with Gasteiger partial charge in [0.15, 0.2) is 17.3 Å². The highest BCUT2D eigenvalue weighted by atomic mass is 35.5. The topological polar surface area (TPSA) is 120 Å². The predicted molar refractivity (Wildman–Crippen MR) is 131 cm³/mol. The number of halogens is 3. The van der Waals surface area contributed by atoms with Gasteiger partial charge in [-0.05, 0) is 23.8 Å². The van der Waals surface area contributed by atoms with Gasteiger partial charge in [0.1, 0.15) is 17.2 Å². The summed E-state index contributed by atoms with van der Waals surface area (Å²) in [5.74, 6) is -0.621. The third kappa shape index (κ3) is 5.30. The number of hydrogen-bond donors (Lipinski definition) is 2. The second kappa shape index (κ2) is 10.9. The number of carbonyl (C=O) groups excluding carboxylic acids is 1. The van der Waals surface area contributed by atoms with Gasteiger partial charge in [0.05, 0.1) is 14.2 Å². The summed E-state index contributed by atoms with van der Waals surface area (Å²) in [4.78, 5) is 25.0. The molecule has 4 N–H and O–H groups in total. The van der Waals surface area contributed by atoms with Gasteiger partial charge in [0, 0.05) is 44.0 Å². The van der Waals surface area contributed by atoms with Gasteiger partial charge < -0.3 is 30.7 Å². The molecule has 1 aliphatic heterocycles. The van der Waals surface area contributed by atoms with Crippen LogP contribution < -0.4 is 25.8 Å². The van der Waals surface area contributed by atoms with E-state index in [0.29, 0.717) is 37.1 Å². The van der Waals surface area contributed by atoms with Crippen LogP contribution in [0.5, 0.6) is 11.5 Å². The van der Waals surface area contributed by atoms with Gasteiger partial charge in [-0.2, -0.15) is 4.98 Å². The zero-order valence-corrected chi connectivity index (χ0v) is 20.1. The summed E-state index contributed by atoms with van der Waals surface area (Å²) in [6, 6.07) is 6.82. The SMILES string of the molecule is COc1cc2c(N)nc(N3CCN(C(=O)C[C@@H](N)c4ccc(F)cc4)CC3)nc2c(F)c1OC.Cl. The number of amides is 1. The lowest BCUT2D eigenvalue weighted by Crippen LogP contribution is -2.49. The molecule has 2 heterocycles. The minimum Gasteiger partial charge on any atom is -0.493 e. The molecule has 1 amide bonds. The fraction of sp³-hybridized carbons (Fsp3) is 0.348. The van der Waals surface area contributed by atoms with Crippen molar-refractivity contribution in [3.05, 3.63) is 47.5 Å². The van der Waals surface area contributed by atoms with E-state index in [2.05, 4.69) is 9.97 Å². The Balaban J connectivity index is 0.00000342. The monoisotopic (exact) mass is 508 g/mol. The largest absolute Gasteiger partial charge is 0.493 e. The van der Waals surface area contributed by atoms with E-state index in [0.717, 1.165) is 0 Å².